The van der Waals surface area contributed by atoms with E-state index < -0.39 is 0 Å². The Balaban J connectivity index is 1.71. The summed E-state index contributed by atoms with van der Waals surface area (Å²) in [7, 11) is 5.21. The van der Waals surface area contributed by atoms with Crippen molar-refractivity contribution in [1.82, 2.24) is 4.90 Å². The zero-order chi connectivity index (χ0) is 17.1. The highest BCUT2D eigenvalue weighted by Gasteiger charge is 2.21. The summed E-state index contributed by atoms with van der Waals surface area (Å²) in [5, 5.41) is 0. The predicted octanol–water partition coefficient (Wildman–Crippen LogP) is 3.19. The van der Waals surface area contributed by atoms with E-state index in [1.165, 1.54) is 11.1 Å². The fraction of sp³-hybridized carbons (Fsp3) is 0.350. The first-order chi connectivity index (χ1) is 11.6. The van der Waals surface area contributed by atoms with E-state index in [1.807, 2.05) is 30.3 Å². The topological polar surface area (TPSA) is 38.8 Å². The van der Waals surface area contributed by atoms with E-state index >= 15 is 0 Å². The molecule has 126 valence electrons. The highest BCUT2D eigenvalue weighted by atomic mass is 16.5. The van der Waals surface area contributed by atoms with E-state index in [1.54, 1.807) is 26.1 Å². The van der Waals surface area contributed by atoms with Gasteiger partial charge in [-0.25, -0.2) is 0 Å². The number of fused-ring (bicyclic) bond motifs is 1. The Morgan fingerprint density at radius 2 is 2.08 bits per heavy atom. The van der Waals surface area contributed by atoms with Crippen molar-refractivity contribution in [2.24, 2.45) is 5.92 Å². The van der Waals surface area contributed by atoms with Crippen LogP contribution in [0.3, 0.4) is 0 Å². The summed E-state index contributed by atoms with van der Waals surface area (Å²) in [5.41, 5.74) is 3.13. The third kappa shape index (κ3) is 3.53. The maximum atomic E-state index is 12.1. The third-order valence-electron chi connectivity index (χ3n) is 4.36. The lowest BCUT2D eigenvalue weighted by atomic mass is 9.90. The molecule has 1 amide bonds. The largest absolute Gasteiger partial charge is 0.497 e. The van der Waals surface area contributed by atoms with Crippen LogP contribution >= 0.6 is 0 Å². The quantitative estimate of drug-likeness (QED) is 0.866. The van der Waals surface area contributed by atoms with Gasteiger partial charge in [0.2, 0.25) is 0 Å². The Kier molecular flexibility index (Phi) is 4.74. The molecule has 1 heterocycles. The van der Waals surface area contributed by atoms with Crippen LogP contribution in [0.4, 0.5) is 0 Å². The van der Waals surface area contributed by atoms with E-state index in [4.69, 9.17) is 9.47 Å². The Labute approximate surface area is 143 Å². The molecule has 3 rings (SSSR count). The Bertz CT molecular complexity index is 739. The van der Waals surface area contributed by atoms with Gasteiger partial charge in [0.05, 0.1) is 13.7 Å². The number of hydrogen-bond donors (Lipinski definition) is 0. The van der Waals surface area contributed by atoms with E-state index in [9.17, 15) is 4.79 Å². The number of rotatable bonds is 4. The van der Waals surface area contributed by atoms with Crippen LogP contribution in [0, 0.1) is 5.92 Å². The average Bonchev–Trinajstić information content (AvgIpc) is 2.60. The van der Waals surface area contributed by atoms with Gasteiger partial charge in [-0.15, -0.1) is 0 Å². The van der Waals surface area contributed by atoms with Gasteiger partial charge in [0, 0.05) is 31.6 Å². The smallest absolute Gasteiger partial charge is 0.253 e. The first-order valence-corrected chi connectivity index (χ1v) is 8.17. The number of nitrogens with zero attached hydrogens (tertiary/aromatic N) is 1. The molecule has 0 aromatic heterocycles. The molecule has 0 unspecified atom stereocenters. The maximum absolute atomic E-state index is 12.1. The van der Waals surface area contributed by atoms with Gasteiger partial charge >= 0.3 is 0 Å². The van der Waals surface area contributed by atoms with Crippen LogP contribution in [0.1, 0.15) is 21.5 Å². The van der Waals surface area contributed by atoms with Gasteiger partial charge in [-0.3, -0.25) is 4.79 Å². The average molecular weight is 325 g/mol. The molecule has 1 aliphatic heterocycles. The predicted molar refractivity (Wildman–Crippen MR) is 93.8 cm³/mol. The lowest BCUT2D eigenvalue weighted by Gasteiger charge is -2.26. The molecule has 0 saturated carbocycles. The molecule has 1 atom stereocenters. The van der Waals surface area contributed by atoms with Crippen molar-refractivity contribution in [2.45, 2.75) is 12.8 Å². The van der Waals surface area contributed by atoms with Crippen LogP contribution in [-0.2, 0) is 12.8 Å². The second-order valence-electron chi connectivity index (χ2n) is 6.46. The van der Waals surface area contributed by atoms with Gasteiger partial charge < -0.3 is 14.4 Å². The molecular formula is C20H23NO3. The summed E-state index contributed by atoms with van der Waals surface area (Å²) in [6.45, 7) is 0.687. The minimum Gasteiger partial charge on any atom is -0.497 e. The number of carbonyl (C=O) groups is 1. The summed E-state index contributed by atoms with van der Waals surface area (Å²) in [6.07, 6.45) is 1.88. The van der Waals surface area contributed by atoms with Crippen LogP contribution in [0.15, 0.2) is 42.5 Å². The number of methoxy groups -OCH3 is 1. The fourth-order valence-electron chi connectivity index (χ4n) is 3.10. The molecule has 2 aromatic carbocycles. The van der Waals surface area contributed by atoms with E-state index in [2.05, 4.69) is 12.1 Å². The van der Waals surface area contributed by atoms with E-state index in [0.29, 0.717) is 12.5 Å². The highest BCUT2D eigenvalue weighted by molar-refractivity contribution is 5.94. The van der Waals surface area contributed by atoms with Gasteiger partial charge in [-0.2, -0.15) is 0 Å². The molecule has 1 aliphatic rings. The third-order valence-corrected chi connectivity index (χ3v) is 4.36. The molecule has 0 bridgehead atoms. The second-order valence-corrected chi connectivity index (χ2v) is 6.46. The van der Waals surface area contributed by atoms with Crippen LogP contribution in [-0.4, -0.2) is 38.6 Å². The highest BCUT2D eigenvalue weighted by Crippen LogP contribution is 2.32. The first-order valence-electron chi connectivity index (χ1n) is 8.17. The second kappa shape index (κ2) is 6.95. The van der Waals surface area contributed by atoms with Gasteiger partial charge in [0.15, 0.2) is 0 Å². The van der Waals surface area contributed by atoms with Crippen molar-refractivity contribution in [3.05, 3.63) is 59.2 Å². The summed E-state index contributed by atoms with van der Waals surface area (Å²) in [6, 6.07) is 13.9. The van der Waals surface area contributed by atoms with Gasteiger partial charge in [0.1, 0.15) is 11.5 Å². The lowest BCUT2D eigenvalue weighted by molar-refractivity contribution is 0.0827. The Hall–Kier alpha value is -2.49. The monoisotopic (exact) mass is 325 g/mol. The van der Waals surface area contributed by atoms with Crippen molar-refractivity contribution in [1.29, 1.82) is 0 Å². The van der Waals surface area contributed by atoms with Crippen LogP contribution in [0.2, 0.25) is 0 Å². The number of hydrogen-bond acceptors (Lipinski definition) is 3. The van der Waals surface area contributed by atoms with Crippen molar-refractivity contribution in [3.8, 4) is 11.5 Å². The van der Waals surface area contributed by atoms with Gasteiger partial charge in [-0.05, 0) is 42.2 Å². The summed E-state index contributed by atoms with van der Waals surface area (Å²) < 4.78 is 11.2. The molecule has 0 fully saturated rings. The number of ether oxygens (including phenoxy) is 2. The summed E-state index contributed by atoms with van der Waals surface area (Å²) in [5.74, 6) is 2.19. The number of amides is 1. The van der Waals surface area contributed by atoms with Gasteiger partial charge in [0.25, 0.3) is 5.91 Å². The molecule has 0 aliphatic carbocycles. The zero-order valence-electron chi connectivity index (χ0n) is 14.4. The van der Waals surface area contributed by atoms with E-state index in [0.717, 1.165) is 29.9 Å². The lowest BCUT2D eigenvalue weighted by Crippen LogP contribution is -2.24. The van der Waals surface area contributed by atoms with Crippen LogP contribution in [0.25, 0.3) is 0 Å². The number of carbonyl (C=O) groups excluding carboxylic acids is 1. The zero-order valence-corrected chi connectivity index (χ0v) is 14.4. The van der Waals surface area contributed by atoms with Gasteiger partial charge in [-0.1, -0.05) is 18.2 Å². The molecule has 0 saturated heterocycles. The Morgan fingerprint density at radius 1 is 1.25 bits per heavy atom. The summed E-state index contributed by atoms with van der Waals surface area (Å²) in [4.78, 5) is 13.7. The summed E-state index contributed by atoms with van der Waals surface area (Å²) >= 11 is 0. The van der Waals surface area contributed by atoms with Crippen molar-refractivity contribution < 1.29 is 14.3 Å². The molecule has 4 heteroatoms. The van der Waals surface area contributed by atoms with Crippen molar-refractivity contribution in [2.75, 3.05) is 27.8 Å². The normalized spacial score (nSPS) is 16.0. The van der Waals surface area contributed by atoms with Crippen LogP contribution < -0.4 is 9.47 Å². The molecule has 0 spiro atoms. The minimum absolute atomic E-state index is 0.0363. The molecule has 2 aromatic rings. The SMILES string of the molecule is COc1ccc2c(c1)OC[C@@H](Cc1cccc(C(=O)N(C)C)c1)C2. The van der Waals surface area contributed by atoms with Crippen molar-refractivity contribution in [3.63, 3.8) is 0 Å². The van der Waals surface area contributed by atoms with Crippen molar-refractivity contribution >= 4 is 5.91 Å². The fourth-order valence-corrected chi connectivity index (χ4v) is 3.10. The standard InChI is InChI=1S/C20H23NO3/c1-21(2)20(22)17-6-4-5-14(10-17)9-15-11-16-7-8-18(23-3)12-19(16)24-13-15/h4-8,10,12,15H,9,11,13H2,1-3H3/t15-/m0/s1. The molecule has 4 nitrogen and oxygen atoms in total. The van der Waals surface area contributed by atoms with E-state index in [-0.39, 0.29) is 5.91 Å². The molecule has 24 heavy (non-hydrogen) atoms. The first kappa shape index (κ1) is 16.4. The minimum atomic E-state index is 0.0363. The maximum Gasteiger partial charge on any atom is 0.253 e. The number of benzene rings is 2. The Morgan fingerprint density at radius 3 is 2.83 bits per heavy atom. The molecular weight excluding hydrogens is 302 g/mol. The molecule has 0 radical (unpaired) electrons. The molecule has 0 N–H and O–H groups in total. The van der Waals surface area contributed by atoms with Crippen LogP contribution in [0.5, 0.6) is 11.5 Å².